The molecule has 162 valence electrons. The fourth-order valence-corrected chi connectivity index (χ4v) is 6.05. The molecule has 0 radical (unpaired) electrons. The summed E-state index contributed by atoms with van der Waals surface area (Å²) in [6.45, 7) is 7.25. The van der Waals surface area contributed by atoms with E-state index in [-0.39, 0.29) is 12.1 Å². The number of nitrogens with one attached hydrogen (secondary N) is 1. The standard InChI is InChI=1S/C24H28N4O2S/c1-4-30-21-10-6-5-8-19(21)25-24(29)28-14-18-17-11-13-26(3)15-22(17)31-23(18)27-12-7-9-20(27)16(28)2/h5-10,12,16H,4,11,13-15H2,1-3H3,(H,25,29)/t16-/m0/s1. The van der Waals surface area contributed by atoms with Crippen molar-refractivity contribution >= 4 is 23.1 Å². The number of aromatic nitrogens is 1. The Labute approximate surface area is 187 Å². The van der Waals surface area contributed by atoms with Crippen LogP contribution in [0.25, 0.3) is 5.00 Å². The highest BCUT2D eigenvalue weighted by Gasteiger charge is 2.33. The van der Waals surface area contributed by atoms with Crippen molar-refractivity contribution in [3.8, 4) is 10.8 Å². The van der Waals surface area contributed by atoms with Crippen molar-refractivity contribution in [2.24, 2.45) is 0 Å². The van der Waals surface area contributed by atoms with Crippen molar-refractivity contribution in [3.63, 3.8) is 0 Å². The molecule has 0 spiro atoms. The number of carbonyl (C=O) groups is 1. The van der Waals surface area contributed by atoms with Gasteiger partial charge in [-0.1, -0.05) is 12.1 Å². The molecule has 1 atom stereocenters. The number of nitrogens with zero attached hydrogens (tertiary/aromatic N) is 3. The summed E-state index contributed by atoms with van der Waals surface area (Å²) in [5.41, 5.74) is 4.57. The maximum Gasteiger partial charge on any atom is 0.322 e. The Kier molecular flexibility index (Phi) is 5.24. The zero-order valence-corrected chi connectivity index (χ0v) is 19.0. The van der Waals surface area contributed by atoms with Crippen LogP contribution in [0.1, 0.15) is 41.6 Å². The van der Waals surface area contributed by atoms with Gasteiger partial charge >= 0.3 is 6.03 Å². The Morgan fingerprint density at radius 1 is 1.19 bits per heavy atom. The minimum Gasteiger partial charge on any atom is -0.492 e. The van der Waals surface area contributed by atoms with Gasteiger partial charge in [0.1, 0.15) is 10.8 Å². The van der Waals surface area contributed by atoms with Gasteiger partial charge in [0.2, 0.25) is 0 Å². The number of benzene rings is 1. The summed E-state index contributed by atoms with van der Waals surface area (Å²) in [6, 6.07) is 11.7. The number of thiophene rings is 1. The second-order valence-electron chi connectivity index (χ2n) is 8.24. The van der Waals surface area contributed by atoms with E-state index in [2.05, 4.69) is 47.1 Å². The highest BCUT2D eigenvalue weighted by molar-refractivity contribution is 7.15. The van der Waals surface area contributed by atoms with Gasteiger partial charge in [-0.15, -0.1) is 11.3 Å². The van der Waals surface area contributed by atoms with Crippen LogP contribution in [0, 0.1) is 0 Å². The van der Waals surface area contributed by atoms with E-state index >= 15 is 0 Å². The van der Waals surface area contributed by atoms with Crippen molar-refractivity contribution in [1.82, 2.24) is 14.4 Å². The lowest BCUT2D eigenvalue weighted by Crippen LogP contribution is -2.36. The van der Waals surface area contributed by atoms with Crippen molar-refractivity contribution in [2.45, 2.75) is 39.4 Å². The fourth-order valence-electron chi connectivity index (χ4n) is 4.61. The first-order valence-electron chi connectivity index (χ1n) is 10.9. The summed E-state index contributed by atoms with van der Waals surface area (Å²) in [5, 5.41) is 4.37. The summed E-state index contributed by atoms with van der Waals surface area (Å²) in [5.74, 6) is 0.695. The SMILES string of the molecule is CCOc1ccccc1NC(=O)N1Cc2c(sc3c2CCN(C)C3)-n2cccc2[C@@H]1C. The molecular formula is C24H28N4O2S. The molecule has 2 aromatic heterocycles. The second-order valence-corrected chi connectivity index (χ2v) is 9.33. The van der Waals surface area contributed by atoms with E-state index in [1.54, 1.807) is 0 Å². The molecule has 4 heterocycles. The topological polar surface area (TPSA) is 49.7 Å². The van der Waals surface area contributed by atoms with E-state index in [0.29, 0.717) is 24.6 Å². The number of fused-ring (bicyclic) bond motifs is 5. The summed E-state index contributed by atoms with van der Waals surface area (Å²) in [4.78, 5) is 19.3. The molecule has 7 heteroatoms. The van der Waals surface area contributed by atoms with Crippen LogP contribution in [-0.2, 0) is 19.5 Å². The first-order valence-corrected chi connectivity index (χ1v) is 11.7. The number of rotatable bonds is 3. The molecule has 0 saturated carbocycles. The molecule has 5 rings (SSSR count). The van der Waals surface area contributed by atoms with E-state index in [4.69, 9.17) is 4.74 Å². The number of hydrogen-bond donors (Lipinski definition) is 1. The van der Waals surface area contributed by atoms with Gasteiger partial charge in [0.15, 0.2) is 0 Å². The normalized spacial score (nSPS) is 18.0. The van der Waals surface area contributed by atoms with Crippen molar-refractivity contribution in [3.05, 3.63) is 64.3 Å². The lowest BCUT2D eigenvalue weighted by molar-refractivity contribution is 0.188. The van der Waals surface area contributed by atoms with Crippen LogP contribution in [0.3, 0.4) is 0 Å². The molecule has 31 heavy (non-hydrogen) atoms. The monoisotopic (exact) mass is 436 g/mol. The van der Waals surface area contributed by atoms with E-state index in [1.165, 1.54) is 21.0 Å². The van der Waals surface area contributed by atoms with Crippen LogP contribution < -0.4 is 10.1 Å². The molecule has 0 unspecified atom stereocenters. The molecule has 0 saturated heterocycles. The van der Waals surface area contributed by atoms with Crippen LogP contribution in [0.15, 0.2) is 42.6 Å². The minimum atomic E-state index is -0.104. The predicted octanol–water partition coefficient (Wildman–Crippen LogP) is 5.03. The third-order valence-electron chi connectivity index (χ3n) is 6.25. The molecule has 0 bridgehead atoms. The van der Waals surface area contributed by atoms with E-state index in [1.807, 2.05) is 47.4 Å². The van der Waals surface area contributed by atoms with Gasteiger partial charge in [-0.2, -0.15) is 0 Å². The van der Waals surface area contributed by atoms with Gasteiger partial charge in [-0.05, 0) is 57.1 Å². The number of likely N-dealkylation sites (N-methyl/N-ethyl adjacent to an activating group) is 1. The largest absolute Gasteiger partial charge is 0.492 e. The van der Waals surface area contributed by atoms with Crippen molar-refractivity contribution < 1.29 is 9.53 Å². The maximum atomic E-state index is 13.5. The van der Waals surface area contributed by atoms with Crippen LogP contribution >= 0.6 is 11.3 Å². The first kappa shape index (κ1) is 20.2. The molecule has 1 N–H and O–H groups in total. The Balaban J connectivity index is 1.52. The summed E-state index contributed by atoms with van der Waals surface area (Å²) >= 11 is 1.87. The minimum absolute atomic E-state index is 0.0456. The number of ether oxygens (including phenoxy) is 1. The zero-order chi connectivity index (χ0) is 21.5. The number of amides is 2. The quantitative estimate of drug-likeness (QED) is 0.626. The van der Waals surface area contributed by atoms with Crippen LogP contribution in [-0.4, -0.2) is 40.6 Å². The number of hydrogen-bond acceptors (Lipinski definition) is 4. The summed E-state index contributed by atoms with van der Waals surface area (Å²) in [6.07, 6.45) is 3.16. The second kappa shape index (κ2) is 8.05. The Bertz CT molecular complexity index is 1120. The number of carbonyl (C=O) groups excluding carboxylic acids is 1. The third-order valence-corrected chi connectivity index (χ3v) is 7.51. The average Bonchev–Trinajstić information content (AvgIpc) is 3.35. The Morgan fingerprint density at radius 3 is 2.87 bits per heavy atom. The van der Waals surface area contributed by atoms with Crippen LogP contribution in [0.5, 0.6) is 5.75 Å². The Hall–Kier alpha value is -2.77. The first-order chi connectivity index (χ1) is 15.1. The van der Waals surface area contributed by atoms with Crippen molar-refractivity contribution in [2.75, 3.05) is 25.5 Å². The van der Waals surface area contributed by atoms with Crippen LogP contribution in [0.4, 0.5) is 10.5 Å². The maximum absolute atomic E-state index is 13.5. The van der Waals surface area contributed by atoms with E-state index in [9.17, 15) is 4.79 Å². The highest BCUT2D eigenvalue weighted by Crippen LogP contribution is 2.41. The summed E-state index contributed by atoms with van der Waals surface area (Å²) in [7, 11) is 2.17. The van der Waals surface area contributed by atoms with E-state index < -0.39 is 0 Å². The molecule has 1 aromatic carbocycles. The van der Waals surface area contributed by atoms with Gasteiger partial charge in [0.25, 0.3) is 0 Å². The smallest absolute Gasteiger partial charge is 0.322 e. The fraction of sp³-hybridized carbons (Fsp3) is 0.375. The lowest BCUT2D eigenvalue weighted by atomic mass is 10.0. The zero-order valence-electron chi connectivity index (χ0n) is 18.2. The molecule has 0 aliphatic carbocycles. The van der Waals surface area contributed by atoms with Crippen LogP contribution in [0.2, 0.25) is 0 Å². The van der Waals surface area contributed by atoms with Gasteiger partial charge in [0.05, 0.1) is 24.9 Å². The average molecular weight is 437 g/mol. The molecule has 6 nitrogen and oxygen atoms in total. The molecular weight excluding hydrogens is 408 g/mol. The van der Waals surface area contributed by atoms with Gasteiger partial charge in [-0.3, -0.25) is 0 Å². The molecule has 2 amide bonds. The molecule has 2 aliphatic heterocycles. The lowest BCUT2D eigenvalue weighted by Gasteiger charge is -2.29. The number of para-hydroxylation sites is 2. The van der Waals surface area contributed by atoms with Gasteiger partial charge in [0, 0.05) is 35.4 Å². The Morgan fingerprint density at radius 2 is 2.03 bits per heavy atom. The highest BCUT2D eigenvalue weighted by atomic mass is 32.1. The number of urea groups is 1. The van der Waals surface area contributed by atoms with E-state index in [0.717, 1.165) is 25.2 Å². The summed E-state index contributed by atoms with van der Waals surface area (Å²) < 4.78 is 7.99. The molecule has 2 aliphatic rings. The van der Waals surface area contributed by atoms with Gasteiger partial charge in [-0.25, -0.2) is 4.79 Å². The van der Waals surface area contributed by atoms with Crippen molar-refractivity contribution in [1.29, 1.82) is 0 Å². The van der Waals surface area contributed by atoms with Gasteiger partial charge < -0.3 is 24.4 Å². The number of anilines is 1. The molecule has 3 aromatic rings. The molecule has 0 fully saturated rings. The predicted molar refractivity (Wildman–Crippen MR) is 124 cm³/mol. The third kappa shape index (κ3) is 3.51.